The van der Waals surface area contributed by atoms with Crippen LogP contribution >= 0.6 is 0 Å². The van der Waals surface area contributed by atoms with E-state index >= 15 is 0 Å². The SMILES string of the molecule is CN(C)CCCN1CCC=CC1CN. The fourth-order valence-electron chi connectivity index (χ4n) is 1.88. The summed E-state index contributed by atoms with van der Waals surface area (Å²) in [5.41, 5.74) is 5.72. The molecule has 0 amide bonds. The van der Waals surface area contributed by atoms with Gasteiger partial charge in [-0.3, -0.25) is 4.90 Å². The predicted molar refractivity (Wildman–Crippen MR) is 61.3 cm³/mol. The van der Waals surface area contributed by atoms with Crippen LogP contribution in [0.4, 0.5) is 0 Å². The minimum atomic E-state index is 0.478. The largest absolute Gasteiger partial charge is 0.329 e. The molecule has 2 N–H and O–H groups in total. The van der Waals surface area contributed by atoms with Crippen LogP contribution in [0.3, 0.4) is 0 Å². The van der Waals surface area contributed by atoms with E-state index < -0.39 is 0 Å². The van der Waals surface area contributed by atoms with Crippen molar-refractivity contribution in [3.63, 3.8) is 0 Å². The Balaban J connectivity index is 2.25. The fraction of sp³-hybridized carbons (Fsp3) is 0.818. The molecular formula is C11H23N3. The molecule has 3 heteroatoms. The third-order valence-corrected chi connectivity index (χ3v) is 2.70. The molecule has 0 aromatic heterocycles. The van der Waals surface area contributed by atoms with Crippen LogP contribution in [0.1, 0.15) is 12.8 Å². The van der Waals surface area contributed by atoms with Gasteiger partial charge in [-0.25, -0.2) is 0 Å². The molecule has 1 heterocycles. The van der Waals surface area contributed by atoms with Crippen LogP contribution < -0.4 is 5.73 Å². The summed E-state index contributed by atoms with van der Waals surface area (Å²) in [5.74, 6) is 0. The Morgan fingerprint density at radius 2 is 2.29 bits per heavy atom. The average molecular weight is 197 g/mol. The summed E-state index contributed by atoms with van der Waals surface area (Å²) >= 11 is 0. The van der Waals surface area contributed by atoms with Crippen LogP contribution in [0.2, 0.25) is 0 Å². The summed E-state index contributed by atoms with van der Waals surface area (Å²) in [6.07, 6.45) is 6.91. The van der Waals surface area contributed by atoms with Crippen LogP contribution in [-0.2, 0) is 0 Å². The van der Waals surface area contributed by atoms with E-state index in [9.17, 15) is 0 Å². The topological polar surface area (TPSA) is 32.5 Å². The van der Waals surface area contributed by atoms with E-state index in [1.807, 2.05) is 0 Å². The lowest BCUT2D eigenvalue weighted by Gasteiger charge is -2.31. The minimum Gasteiger partial charge on any atom is -0.329 e. The van der Waals surface area contributed by atoms with Crippen LogP contribution in [0.5, 0.6) is 0 Å². The maximum Gasteiger partial charge on any atom is 0.0401 e. The van der Waals surface area contributed by atoms with E-state index in [-0.39, 0.29) is 0 Å². The molecule has 0 fully saturated rings. The molecule has 0 radical (unpaired) electrons. The van der Waals surface area contributed by atoms with Crippen molar-refractivity contribution in [3.05, 3.63) is 12.2 Å². The normalized spacial score (nSPS) is 23.3. The quantitative estimate of drug-likeness (QED) is 0.653. The number of hydrogen-bond acceptors (Lipinski definition) is 3. The van der Waals surface area contributed by atoms with Gasteiger partial charge in [-0.2, -0.15) is 0 Å². The first-order valence-corrected chi connectivity index (χ1v) is 5.49. The minimum absolute atomic E-state index is 0.478. The molecule has 0 saturated heterocycles. The second-order valence-corrected chi connectivity index (χ2v) is 4.21. The lowest BCUT2D eigenvalue weighted by Crippen LogP contribution is -2.42. The summed E-state index contributed by atoms with van der Waals surface area (Å²) in [6.45, 7) is 4.26. The zero-order valence-corrected chi connectivity index (χ0v) is 9.45. The van der Waals surface area contributed by atoms with Gasteiger partial charge in [0, 0.05) is 25.7 Å². The molecule has 1 atom stereocenters. The Bertz CT molecular complexity index is 177. The molecule has 0 aliphatic carbocycles. The van der Waals surface area contributed by atoms with Crippen molar-refractivity contribution in [2.75, 3.05) is 40.3 Å². The zero-order valence-electron chi connectivity index (χ0n) is 9.45. The van der Waals surface area contributed by atoms with E-state index in [4.69, 9.17) is 5.73 Å². The maximum atomic E-state index is 5.72. The van der Waals surface area contributed by atoms with E-state index in [1.54, 1.807) is 0 Å². The van der Waals surface area contributed by atoms with E-state index in [0.717, 1.165) is 13.1 Å². The first kappa shape index (κ1) is 11.7. The molecule has 0 bridgehead atoms. The van der Waals surface area contributed by atoms with Crippen molar-refractivity contribution in [1.82, 2.24) is 9.80 Å². The molecule has 0 saturated carbocycles. The molecule has 1 aliphatic rings. The molecule has 0 aromatic rings. The Hall–Kier alpha value is -0.380. The van der Waals surface area contributed by atoms with Gasteiger partial charge in [0.25, 0.3) is 0 Å². The Morgan fingerprint density at radius 3 is 2.93 bits per heavy atom. The van der Waals surface area contributed by atoms with E-state index in [0.29, 0.717) is 6.04 Å². The summed E-state index contributed by atoms with van der Waals surface area (Å²) < 4.78 is 0. The third-order valence-electron chi connectivity index (χ3n) is 2.70. The van der Waals surface area contributed by atoms with Gasteiger partial charge in [-0.15, -0.1) is 0 Å². The van der Waals surface area contributed by atoms with Gasteiger partial charge in [0.1, 0.15) is 0 Å². The van der Waals surface area contributed by atoms with Gasteiger partial charge in [0.15, 0.2) is 0 Å². The third kappa shape index (κ3) is 3.78. The zero-order chi connectivity index (χ0) is 10.4. The van der Waals surface area contributed by atoms with E-state index in [1.165, 1.54) is 25.9 Å². The molecular weight excluding hydrogens is 174 g/mol. The van der Waals surface area contributed by atoms with Crippen LogP contribution in [0.25, 0.3) is 0 Å². The highest BCUT2D eigenvalue weighted by molar-refractivity contribution is 4.99. The Labute approximate surface area is 87.6 Å². The number of hydrogen-bond donors (Lipinski definition) is 1. The summed E-state index contributed by atoms with van der Waals surface area (Å²) in [5, 5.41) is 0. The first-order valence-electron chi connectivity index (χ1n) is 5.49. The van der Waals surface area contributed by atoms with E-state index in [2.05, 4.69) is 36.0 Å². The van der Waals surface area contributed by atoms with Crippen molar-refractivity contribution in [2.45, 2.75) is 18.9 Å². The predicted octanol–water partition coefficient (Wildman–Crippen LogP) is 0.527. The first-order chi connectivity index (χ1) is 6.74. The Morgan fingerprint density at radius 1 is 1.50 bits per heavy atom. The van der Waals surface area contributed by atoms with Crippen LogP contribution in [-0.4, -0.2) is 56.1 Å². The standard InChI is InChI=1S/C11H23N3/c1-13(2)7-5-9-14-8-4-3-6-11(14)10-12/h3,6,11H,4-5,7-10,12H2,1-2H3. The molecule has 0 aromatic carbocycles. The lowest BCUT2D eigenvalue weighted by molar-refractivity contribution is 0.215. The Kier molecular flexibility index (Phi) is 5.15. The van der Waals surface area contributed by atoms with Gasteiger partial charge in [-0.1, -0.05) is 12.2 Å². The molecule has 3 nitrogen and oxygen atoms in total. The number of nitrogens with zero attached hydrogens (tertiary/aromatic N) is 2. The highest BCUT2D eigenvalue weighted by Gasteiger charge is 2.15. The molecule has 14 heavy (non-hydrogen) atoms. The summed E-state index contributed by atoms with van der Waals surface area (Å²) in [7, 11) is 4.24. The second-order valence-electron chi connectivity index (χ2n) is 4.21. The van der Waals surface area contributed by atoms with Crippen molar-refractivity contribution < 1.29 is 0 Å². The van der Waals surface area contributed by atoms with Gasteiger partial charge in [0.05, 0.1) is 0 Å². The van der Waals surface area contributed by atoms with Crippen molar-refractivity contribution in [1.29, 1.82) is 0 Å². The summed E-state index contributed by atoms with van der Waals surface area (Å²) in [6, 6.07) is 0.478. The van der Waals surface area contributed by atoms with Gasteiger partial charge in [0.2, 0.25) is 0 Å². The van der Waals surface area contributed by atoms with Crippen molar-refractivity contribution in [3.8, 4) is 0 Å². The molecule has 1 aliphatic heterocycles. The van der Waals surface area contributed by atoms with Crippen molar-refractivity contribution >= 4 is 0 Å². The monoisotopic (exact) mass is 197 g/mol. The summed E-state index contributed by atoms with van der Waals surface area (Å²) in [4.78, 5) is 4.72. The fourth-order valence-corrected chi connectivity index (χ4v) is 1.88. The highest BCUT2D eigenvalue weighted by atomic mass is 15.2. The maximum absolute atomic E-state index is 5.72. The van der Waals surface area contributed by atoms with Crippen LogP contribution in [0.15, 0.2) is 12.2 Å². The average Bonchev–Trinajstić information content (AvgIpc) is 2.18. The second kappa shape index (κ2) is 6.17. The van der Waals surface area contributed by atoms with Gasteiger partial charge >= 0.3 is 0 Å². The lowest BCUT2D eigenvalue weighted by atomic mass is 10.1. The molecule has 0 spiro atoms. The smallest absolute Gasteiger partial charge is 0.0401 e. The number of rotatable bonds is 5. The molecule has 1 rings (SSSR count). The molecule has 82 valence electrons. The number of nitrogens with two attached hydrogens (primary N) is 1. The van der Waals surface area contributed by atoms with Crippen LogP contribution in [0, 0.1) is 0 Å². The van der Waals surface area contributed by atoms with Crippen molar-refractivity contribution in [2.24, 2.45) is 5.73 Å². The van der Waals surface area contributed by atoms with Gasteiger partial charge < -0.3 is 10.6 Å². The highest BCUT2D eigenvalue weighted by Crippen LogP contribution is 2.09. The van der Waals surface area contributed by atoms with Gasteiger partial charge in [-0.05, 0) is 33.5 Å². The molecule has 1 unspecified atom stereocenters.